The zero-order valence-corrected chi connectivity index (χ0v) is 12.1. The molecule has 0 spiro atoms. The molecular formula is C16H26O2. The number of carbonyl (C=O) groups is 1. The van der Waals surface area contributed by atoms with Crippen LogP contribution in [0, 0.1) is 17.3 Å². The van der Waals surface area contributed by atoms with Gasteiger partial charge in [-0.1, -0.05) is 51.5 Å². The predicted molar refractivity (Wildman–Crippen MR) is 75.4 cm³/mol. The minimum absolute atomic E-state index is 0.141. The number of hydrogen-bond donors (Lipinski definition) is 1. The molecule has 2 nitrogen and oxygen atoms in total. The molecule has 1 aliphatic carbocycles. The van der Waals surface area contributed by atoms with Crippen LogP contribution in [-0.2, 0) is 4.79 Å². The summed E-state index contributed by atoms with van der Waals surface area (Å²) >= 11 is 0. The van der Waals surface area contributed by atoms with Crippen LogP contribution in [0.3, 0.4) is 0 Å². The van der Waals surface area contributed by atoms with Crippen LogP contribution in [-0.4, -0.2) is 11.1 Å². The van der Waals surface area contributed by atoms with Gasteiger partial charge in [-0.3, -0.25) is 4.79 Å². The Labute approximate surface area is 111 Å². The van der Waals surface area contributed by atoms with Crippen molar-refractivity contribution in [1.29, 1.82) is 0 Å². The number of allylic oxidation sites excluding steroid dienone is 3. The van der Waals surface area contributed by atoms with Gasteiger partial charge in [0.25, 0.3) is 0 Å². The first kappa shape index (κ1) is 15.0. The molecule has 1 aliphatic rings. The largest absolute Gasteiger partial charge is 0.481 e. The number of carboxylic acids is 1. The Morgan fingerprint density at radius 2 is 2.17 bits per heavy atom. The van der Waals surface area contributed by atoms with Gasteiger partial charge in [0.2, 0.25) is 0 Å². The monoisotopic (exact) mass is 250 g/mol. The summed E-state index contributed by atoms with van der Waals surface area (Å²) in [7, 11) is 0. The second kappa shape index (κ2) is 5.73. The van der Waals surface area contributed by atoms with E-state index in [-0.39, 0.29) is 11.3 Å². The molecule has 2 atom stereocenters. The molecule has 1 rings (SSSR count). The molecule has 0 fully saturated rings. The van der Waals surface area contributed by atoms with Crippen LogP contribution in [0.5, 0.6) is 0 Å². The number of hydrogen-bond acceptors (Lipinski definition) is 1. The Morgan fingerprint density at radius 3 is 2.56 bits per heavy atom. The summed E-state index contributed by atoms with van der Waals surface area (Å²) in [5.74, 6) is -0.571. The van der Waals surface area contributed by atoms with Gasteiger partial charge in [-0.25, -0.2) is 0 Å². The fourth-order valence-corrected chi connectivity index (χ4v) is 3.18. The maximum atomic E-state index is 11.1. The molecule has 102 valence electrons. The molecule has 0 amide bonds. The van der Waals surface area contributed by atoms with Crippen LogP contribution in [0.1, 0.15) is 53.4 Å². The Balaban J connectivity index is 2.73. The summed E-state index contributed by atoms with van der Waals surface area (Å²) in [5.41, 5.74) is 2.73. The van der Waals surface area contributed by atoms with E-state index >= 15 is 0 Å². The van der Waals surface area contributed by atoms with E-state index in [4.69, 9.17) is 5.11 Å². The molecule has 2 heteroatoms. The van der Waals surface area contributed by atoms with Crippen molar-refractivity contribution < 1.29 is 9.90 Å². The average molecular weight is 250 g/mol. The summed E-state index contributed by atoms with van der Waals surface area (Å²) in [6, 6.07) is 0. The van der Waals surface area contributed by atoms with Crippen molar-refractivity contribution in [2.75, 3.05) is 0 Å². The average Bonchev–Trinajstić information content (AvgIpc) is 2.59. The molecule has 0 aromatic rings. The van der Waals surface area contributed by atoms with E-state index in [0.29, 0.717) is 18.8 Å². The Hall–Kier alpha value is -1.05. The summed E-state index contributed by atoms with van der Waals surface area (Å²) < 4.78 is 0. The Kier molecular flexibility index (Phi) is 4.78. The topological polar surface area (TPSA) is 37.3 Å². The third-order valence-electron chi connectivity index (χ3n) is 4.52. The molecule has 1 unspecified atom stereocenters. The van der Waals surface area contributed by atoms with Gasteiger partial charge >= 0.3 is 5.97 Å². The van der Waals surface area contributed by atoms with Crippen molar-refractivity contribution in [3.05, 3.63) is 23.8 Å². The molecule has 0 aromatic carbocycles. The predicted octanol–water partition coefficient (Wildman–Crippen LogP) is 4.43. The van der Waals surface area contributed by atoms with Crippen molar-refractivity contribution in [1.82, 2.24) is 0 Å². The van der Waals surface area contributed by atoms with Crippen molar-refractivity contribution in [3.63, 3.8) is 0 Å². The van der Waals surface area contributed by atoms with E-state index in [1.165, 1.54) is 5.57 Å². The van der Waals surface area contributed by atoms with Gasteiger partial charge in [0, 0.05) is 0 Å². The maximum absolute atomic E-state index is 11.1. The fraction of sp³-hybridized carbons (Fsp3) is 0.688. The lowest BCUT2D eigenvalue weighted by atomic mass is 9.71. The number of carboxylic acid groups (broad SMARTS) is 1. The van der Waals surface area contributed by atoms with Gasteiger partial charge in [-0.2, -0.15) is 0 Å². The van der Waals surface area contributed by atoms with Crippen molar-refractivity contribution in [2.24, 2.45) is 17.3 Å². The lowest BCUT2D eigenvalue weighted by molar-refractivity contribution is -0.141. The molecule has 0 aliphatic heterocycles. The lowest BCUT2D eigenvalue weighted by Crippen LogP contribution is -2.25. The van der Waals surface area contributed by atoms with E-state index < -0.39 is 5.97 Å². The molecule has 0 saturated heterocycles. The highest BCUT2D eigenvalue weighted by Gasteiger charge is 2.38. The van der Waals surface area contributed by atoms with Gasteiger partial charge in [0.15, 0.2) is 0 Å². The molecule has 0 radical (unpaired) electrons. The lowest BCUT2D eigenvalue weighted by Gasteiger charge is -2.33. The van der Waals surface area contributed by atoms with Gasteiger partial charge in [-0.15, -0.1) is 0 Å². The molecule has 18 heavy (non-hydrogen) atoms. The second-order valence-corrected chi connectivity index (χ2v) is 5.90. The first-order chi connectivity index (χ1) is 8.34. The van der Waals surface area contributed by atoms with Crippen molar-refractivity contribution >= 4 is 5.97 Å². The quantitative estimate of drug-likeness (QED) is 0.708. The highest BCUT2D eigenvalue weighted by atomic mass is 16.4. The van der Waals surface area contributed by atoms with E-state index in [0.717, 1.165) is 18.4 Å². The summed E-state index contributed by atoms with van der Waals surface area (Å²) in [5, 5.41) is 9.14. The minimum atomic E-state index is -0.696. The van der Waals surface area contributed by atoms with Gasteiger partial charge in [0.1, 0.15) is 0 Å². The minimum Gasteiger partial charge on any atom is -0.481 e. The van der Waals surface area contributed by atoms with Crippen LogP contribution in [0.2, 0.25) is 0 Å². The molecule has 0 saturated carbocycles. The zero-order valence-electron chi connectivity index (χ0n) is 12.1. The third kappa shape index (κ3) is 2.85. The van der Waals surface area contributed by atoms with E-state index in [1.807, 2.05) is 6.92 Å². The Morgan fingerprint density at radius 1 is 1.56 bits per heavy atom. The van der Waals surface area contributed by atoms with E-state index in [9.17, 15) is 4.79 Å². The molecule has 0 bridgehead atoms. The number of rotatable bonds is 6. The Bertz CT molecular complexity index is 363. The van der Waals surface area contributed by atoms with Gasteiger partial charge in [-0.05, 0) is 37.0 Å². The zero-order chi connectivity index (χ0) is 13.9. The smallest absolute Gasteiger partial charge is 0.306 e. The molecular weight excluding hydrogens is 224 g/mol. The number of aliphatic carboxylic acids is 1. The van der Waals surface area contributed by atoms with E-state index in [1.54, 1.807) is 0 Å². The fourth-order valence-electron chi connectivity index (χ4n) is 3.18. The standard InChI is InChI=1S/C16H26O2/c1-6-12(15(17)18)10-11(3)14-9-8-13(7-2)16(14,4)5/h8,12,14H,3,6-7,9-10H2,1-2,4-5H3,(H,17,18)/t12-,14?/m1/s1. The normalized spacial score (nSPS) is 23.6. The van der Waals surface area contributed by atoms with Crippen molar-refractivity contribution in [2.45, 2.75) is 53.4 Å². The van der Waals surface area contributed by atoms with Crippen LogP contribution in [0.15, 0.2) is 23.8 Å². The summed E-state index contributed by atoms with van der Waals surface area (Å²) in [4.78, 5) is 11.1. The highest BCUT2D eigenvalue weighted by molar-refractivity contribution is 5.70. The SMILES string of the molecule is C=C(C[C@@H](CC)C(=O)O)C1CC=C(CC)C1(C)C. The first-order valence-electron chi connectivity index (χ1n) is 6.94. The van der Waals surface area contributed by atoms with Crippen LogP contribution in [0.4, 0.5) is 0 Å². The van der Waals surface area contributed by atoms with Crippen LogP contribution < -0.4 is 0 Å². The highest BCUT2D eigenvalue weighted by Crippen LogP contribution is 2.48. The maximum Gasteiger partial charge on any atom is 0.306 e. The first-order valence-corrected chi connectivity index (χ1v) is 6.94. The van der Waals surface area contributed by atoms with Crippen LogP contribution >= 0.6 is 0 Å². The third-order valence-corrected chi connectivity index (χ3v) is 4.52. The molecule has 0 aromatic heterocycles. The van der Waals surface area contributed by atoms with Gasteiger partial charge < -0.3 is 5.11 Å². The molecule has 1 N–H and O–H groups in total. The van der Waals surface area contributed by atoms with Gasteiger partial charge in [0.05, 0.1) is 5.92 Å². The van der Waals surface area contributed by atoms with Crippen LogP contribution in [0.25, 0.3) is 0 Å². The van der Waals surface area contributed by atoms with Crippen molar-refractivity contribution in [3.8, 4) is 0 Å². The molecule has 0 heterocycles. The summed E-state index contributed by atoms with van der Waals surface area (Å²) in [6.07, 6.45) is 5.70. The second-order valence-electron chi connectivity index (χ2n) is 5.90. The van der Waals surface area contributed by atoms with E-state index in [2.05, 4.69) is 33.4 Å². The summed E-state index contributed by atoms with van der Waals surface area (Å²) in [6.45, 7) is 12.8.